The predicted octanol–water partition coefficient (Wildman–Crippen LogP) is 1.54. The quantitative estimate of drug-likeness (QED) is 0.852. The van der Waals surface area contributed by atoms with Gasteiger partial charge >= 0.3 is 0 Å². The molecule has 2 aromatic rings. The molecule has 0 amide bonds. The Morgan fingerprint density at radius 3 is 2.67 bits per heavy atom. The van der Waals surface area contributed by atoms with Crippen molar-refractivity contribution in [1.29, 1.82) is 0 Å². The molecular formula is C16H21N5. The molecule has 0 aliphatic carbocycles. The molecule has 0 unspecified atom stereocenters. The Kier molecular flexibility index (Phi) is 4.40. The summed E-state index contributed by atoms with van der Waals surface area (Å²) in [5, 5.41) is 0. The summed E-state index contributed by atoms with van der Waals surface area (Å²) in [6, 6.07) is 6.08. The maximum atomic E-state index is 4.50. The molecule has 0 spiro atoms. The van der Waals surface area contributed by atoms with E-state index in [4.69, 9.17) is 0 Å². The predicted molar refractivity (Wildman–Crippen MR) is 83.4 cm³/mol. The van der Waals surface area contributed by atoms with Gasteiger partial charge in [-0.1, -0.05) is 6.07 Å². The van der Waals surface area contributed by atoms with Crippen LogP contribution in [0.2, 0.25) is 0 Å². The number of hydrogen-bond acceptors (Lipinski definition) is 5. The van der Waals surface area contributed by atoms with E-state index < -0.39 is 0 Å². The first kappa shape index (κ1) is 13.9. The Hall–Kier alpha value is -2.01. The standard InChI is InChI=1S/C16H21N5/c1-14-4-7-18-16(19-14)21-11-9-20(10-12-21)8-5-15-3-2-6-17-13-15/h2-4,6-7,13H,5,8-12H2,1H3. The molecule has 5 heteroatoms. The summed E-state index contributed by atoms with van der Waals surface area (Å²) in [5.41, 5.74) is 2.33. The van der Waals surface area contributed by atoms with Crippen LogP contribution in [0, 0.1) is 6.92 Å². The average molecular weight is 283 g/mol. The molecule has 1 fully saturated rings. The number of aromatic nitrogens is 3. The molecule has 0 aromatic carbocycles. The molecule has 0 N–H and O–H groups in total. The molecule has 1 aliphatic heterocycles. The van der Waals surface area contributed by atoms with Crippen LogP contribution in [0.3, 0.4) is 0 Å². The van der Waals surface area contributed by atoms with Crippen LogP contribution in [0.5, 0.6) is 0 Å². The van der Waals surface area contributed by atoms with Crippen LogP contribution < -0.4 is 4.90 Å². The highest BCUT2D eigenvalue weighted by molar-refractivity contribution is 5.30. The topological polar surface area (TPSA) is 45.2 Å². The fourth-order valence-electron chi connectivity index (χ4n) is 2.59. The molecule has 21 heavy (non-hydrogen) atoms. The number of nitrogens with zero attached hydrogens (tertiary/aromatic N) is 5. The van der Waals surface area contributed by atoms with Crippen LogP contribution in [-0.2, 0) is 6.42 Å². The van der Waals surface area contributed by atoms with Gasteiger partial charge in [0.25, 0.3) is 0 Å². The molecule has 0 radical (unpaired) electrons. The maximum Gasteiger partial charge on any atom is 0.225 e. The highest BCUT2D eigenvalue weighted by atomic mass is 15.3. The van der Waals surface area contributed by atoms with Gasteiger partial charge in [-0.05, 0) is 31.0 Å². The third-order valence-corrected chi connectivity index (χ3v) is 3.88. The molecular weight excluding hydrogens is 262 g/mol. The second kappa shape index (κ2) is 6.63. The Labute approximate surface area is 125 Å². The number of anilines is 1. The third-order valence-electron chi connectivity index (χ3n) is 3.88. The van der Waals surface area contributed by atoms with Crippen LogP contribution in [-0.4, -0.2) is 52.6 Å². The fraction of sp³-hybridized carbons (Fsp3) is 0.438. The summed E-state index contributed by atoms with van der Waals surface area (Å²) >= 11 is 0. The van der Waals surface area contributed by atoms with Gasteiger partial charge in [0.2, 0.25) is 5.95 Å². The summed E-state index contributed by atoms with van der Waals surface area (Å²) < 4.78 is 0. The zero-order valence-corrected chi connectivity index (χ0v) is 12.4. The summed E-state index contributed by atoms with van der Waals surface area (Å²) in [6.45, 7) is 7.23. The van der Waals surface area contributed by atoms with Crippen LogP contribution in [0.4, 0.5) is 5.95 Å². The Bertz CT molecular complexity index is 564. The number of hydrogen-bond donors (Lipinski definition) is 0. The molecule has 1 aliphatic rings. The second-order valence-electron chi connectivity index (χ2n) is 5.44. The van der Waals surface area contributed by atoms with Gasteiger partial charge in [0.15, 0.2) is 0 Å². The largest absolute Gasteiger partial charge is 0.338 e. The highest BCUT2D eigenvalue weighted by Crippen LogP contribution is 2.11. The normalized spacial score (nSPS) is 16.1. The summed E-state index contributed by atoms with van der Waals surface area (Å²) in [7, 11) is 0. The van der Waals surface area contributed by atoms with E-state index in [1.807, 2.05) is 37.6 Å². The lowest BCUT2D eigenvalue weighted by Gasteiger charge is -2.34. The Morgan fingerprint density at radius 2 is 1.95 bits per heavy atom. The minimum absolute atomic E-state index is 0.863. The van der Waals surface area contributed by atoms with E-state index in [0.717, 1.165) is 50.8 Å². The van der Waals surface area contributed by atoms with Crippen LogP contribution in [0.25, 0.3) is 0 Å². The van der Waals surface area contributed by atoms with Gasteiger partial charge < -0.3 is 4.90 Å². The Morgan fingerprint density at radius 1 is 1.10 bits per heavy atom. The van der Waals surface area contributed by atoms with Crippen molar-refractivity contribution in [3.63, 3.8) is 0 Å². The van der Waals surface area contributed by atoms with Gasteiger partial charge in [0, 0.05) is 57.0 Å². The summed E-state index contributed by atoms with van der Waals surface area (Å²) in [4.78, 5) is 17.8. The van der Waals surface area contributed by atoms with E-state index in [9.17, 15) is 0 Å². The summed E-state index contributed by atoms with van der Waals surface area (Å²) in [5.74, 6) is 0.863. The average Bonchev–Trinajstić information content (AvgIpc) is 2.54. The molecule has 0 atom stereocenters. The van der Waals surface area contributed by atoms with Gasteiger partial charge in [-0.3, -0.25) is 9.88 Å². The van der Waals surface area contributed by atoms with Crippen molar-refractivity contribution in [1.82, 2.24) is 19.9 Å². The van der Waals surface area contributed by atoms with Crippen molar-refractivity contribution >= 4 is 5.95 Å². The third kappa shape index (κ3) is 3.76. The number of piperazine rings is 1. The minimum Gasteiger partial charge on any atom is -0.338 e. The zero-order chi connectivity index (χ0) is 14.5. The number of rotatable bonds is 4. The van der Waals surface area contributed by atoms with Crippen molar-refractivity contribution < 1.29 is 0 Å². The van der Waals surface area contributed by atoms with Gasteiger partial charge in [-0.15, -0.1) is 0 Å². The van der Waals surface area contributed by atoms with Gasteiger partial charge in [0.1, 0.15) is 0 Å². The van der Waals surface area contributed by atoms with Gasteiger partial charge in [-0.25, -0.2) is 9.97 Å². The van der Waals surface area contributed by atoms with Crippen LogP contribution >= 0.6 is 0 Å². The molecule has 0 saturated carbocycles. The first-order chi connectivity index (χ1) is 10.3. The second-order valence-corrected chi connectivity index (χ2v) is 5.44. The van der Waals surface area contributed by atoms with E-state index in [2.05, 4.69) is 30.8 Å². The maximum absolute atomic E-state index is 4.50. The Balaban J connectivity index is 1.49. The van der Waals surface area contributed by atoms with E-state index in [0.29, 0.717) is 0 Å². The van der Waals surface area contributed by atoms with Gasteiger partial charge in [-0.2, -0.15) is 0 Å². The lowest BCUT2D eigenvalue weighted by molar-refractivity contribution is 0.259. The number of aryl methyl sites for hydroxylation is 1. The lowest BCUT2D eigenvalue weighted by atomic mass is 10.2. The molecule has 110 valence electrons. The fourth-order valence-corrected chi connectivity index (χ4v) is 2.59. The molecule has 1 saturated heterocycles. The molecule has 0 bridgehead atoms. The van der Waals surface area contributed by atoms with E-state index in [-0.39, 0.29) is 0 Å². The van der Waals surface area contributed by atoms with E-state index >= 15 is 0 Å². The SMILES string of the molecule is Cc1ccnc(N2CCN(CCc3cccnc3)CC2)n1. The molecule has 2 aromatic heterocycles. The lowest BCUT2D eigenvalue weighted by Crippen LogP contribution is -2.47. The van der Waals surface area contributed by atoms with Crippen LogP contribution in [0.1, 0.15) is 11.3 Å². The molecule has 5 nitrogen and oxygen atoms in total. The monoisotopic (exact) mass is 283 g/mol. The highest BCUT2D eigenvalue weighted by Gasteiger charge is 2.18. The van der Waals surface area contributed by atoms with Crippen molar-refractivity contribution in [3.05, 3.63) is 48.0 Å². The van der Waals surface area contributed by atoms with Gasteiger partial charge in [0.05, 0.1) is 0 Å². The van der Waals surface area contributed by atoms with Crippen molar-refractivity contribution in [3.8, 4) is 0 Å². The van der Waals surface area contributed by atoms with Crippen molar-refractivity contribution in [2.45, 2.75) is 13.3 Å². The smallest absolute Gasteiger partial charge is 0.225 e. The van der Waals surface area contributed by atoms with Crippen molar-refractivity contribution in [2.24, 2.45) is 0 Å². The summed E-state index contributed by atoms with van der Waals surface area (Å²) in [6.07, 6.45) is 6.68. The first-order valence-corrected chi connectivity index (χ1v) is 7.47. The first-order valence-electron chi connectivity index (χ1n) is 7.47. The molecule has 3 rings (SSSR count). The minimum atomic E-state index is 0.863. The zero-order valence-electron chi connectivity index (χ0n) is 12.4. The van der Waals surface area contributed by atoms with Crippen molar-refractivity contribution in [2.75, 3.05) is 37.6 Å². The molecule has 3 heterocycles. The van der Waals surface area contributed by atoms with E-state index in [1.54, 1.807) is 0 Å². The van der Waals surface area contributed by atoms with E-state index in [1.165, 1.54) is 5.56 Å². The van der Waals surface area contributed by atoms with Crippen LogP contribution in [0.15, 0.2) is 36.8 Å². The number of pyridine rings is 1.